The molecule has 0 amide bonds. The van der Waals surface area contributed by atoms with E-state index < -0.39 is 34.9 Å². The minimum absolute atomic E-state index is 0.189. The smallest absolute Gasteiger partial charge is 0.348 e. The van der Waals surface area contributed by atoms with Crippen molar-refractivity contribution >= 4 is 33.9 Å². The van der Waals surface area contributed by atoms with E-state index in [9.17, 15) is 18.4 Å². The fraction of sp³-hybridized carbons (Fsp3) is 0.231. The van der Waals surface area contributed by atoms with Crippen molar-refractivity contribution < 1.29 is 27.8 Å². The Balaban J connectivity index is 2.49. The molecule has 1 heterocycles. The summed E-state index contributed by atoms with van der Waals surface area (Å²) in [4.78, 5) is 23.4. The van der Waals surface area contributed by atoms with Crippen molar-refractivity contribution in [2.75, 3.05) is 0 Å². The van der Waals surface area contributed by atoms with Crippen LogP contribution >= 0.6 is 15.9 Å². The summed E-state index contributed by atoms with van der Waals surface area (Å²) in [6, 6.07) is 2.18. The quantitative estimate of drug-likeness (QED) is 0.339. The van der Waals surface area contributed by atoms with E-state index in [0.29, 0.717) is 0 Å². The van der Waals surface area contributed by atoms with Gasteiger partial charge in [-0.2, -0.15) is 0 Å². The van der Waals surface area contributed by atoms with Gasteiger partial charge in [-0.25, -0.2) is 18.4 Å². The molecule has 1 aromatic carbocycles. The Labute approximate surface area is 121 Å². The number of rotatable bonds is 1. The molecule has 0 spiro atoms. The molecule has 0 saturated carbocycles. The van der Waals surface area contributed by atoms with Gasteiger partial charge in [0.2, 0.25) is 0 Å². The molecule has 106 valence electrons. The van der Waals surface area contributed by atoms with Gasteiger partial charge < -0.3 is 9.47 Å². The maximum Gasteiger partial charge on any atom is 0.348 e. The number of ether oxygens (including phenoxy) is 2. The first-order valence-electron chi connectivity index (χ1n) is 5.53. The van der Waals surface area contributed by atoms with Crippen LogP contribution in [0.25, 0.3) is 6.08 Å². The van der Waals surface area contributed by atoms with Gasteiger partial charge in [-0.3, -0.25) is 0 Å². The molecule has 0 aliphatic carbocycles. The van der Waals surface area contributed by atoms with Crippen LogP contribution in [0.15, 0.2) is 22.2 Å². The predicted octanol–water partition coefficient (Wildman–Crippen LogP) is 2.95. The standard InChI is InChI=1S/C13H9BrF2O4/c1-13(2)19-11(17)7(12(18)20-13)5-6-8(14)3-4-9(15)10(6)16/h3-5H,1-2H3. The lowest BCUT2D eigenvalue weighted by Crippen LogP contribution is -2.41. The molecule has 0 unspecified atom stereocenters. The lowest BCUT2D eigenvalue weighted by Gasteiger charge is -2.29. The van der Waals surface area contributed by atoms with E-state index in [0.717, 1.165) is 12.1 Å². The Bertz CT molecular complexity index is 616. The minimum Gasteiger partial charge on any atom is -0.419 e. The van der Waals surface area contributed by atoms with E-state index in [1.54, 1.807) is 0 Å². The molecular formula is C13H9BrF2O4. The van der Waals surface area contributed by atoms with Crippen molar-refractivity contribution in [3.8, 4) is 0 Å². The maximum atomic E-state index is 13.7. The Morgan fingerprint density at radius 1 is 1.15 bits per heavy atom. The third-order valence-electron chi connectivity index (χ3n) is 2.48. The van der Waals surface area contributed by atoms with Gasteiger partial charge >= 0.3 is 11.9 Å². The number of esters is 2. The zero-order valence-corrected chi connectivity index (χ0v) is 12.1. The van der Waals surface area contributed by atoms with Crippen LogP contribution in [0.2, 0.25) is 0 Å². The van der Waals surface area contributed by atoms with Crippen molar-refractivity contribution in [3.63, 3.8) is 0 Å². The Kier molecular flexibility index (Phi) is 3.64. The highest BCUT2D eigenvalue weighted by atomic mass is 79.9. The zero-order valence-electron chi connectivity index (χ0n) is 10.5. The van der Waals surface area contributed by atoms with E-state index in [1.807, 2.05) is 0 Å². The second-order valence-electron chi connectivity index (χ2n) is 4.49. The molecule has 1 aliphatic rings. The summed E-state index contributed by atoms with van der Waals surface area (Å²) >= 11 is 3.01. The molecule has 1 saturated heterocycles. The van der Waals surface area contributed by atoms with Crippen LogP contribution in [-0.2, 0) is 19.1 Å². The molecule has 0 aromatic heterocycles. The largest absolute Gasteiger partial charge is 0.419 e. The first-order chi connectivity index (χ1) is 9.21. The Hall–Kier alpha value is -1.76. The molecule has 0 radical (unpaired) electrons. The maximum absolute atomic E-state index is 13.7. The van der Waals surface area contributed by atoms with Crippen LogP contribution in [-0.4, -0.2) is 17.7 Å². The summed E-state index contributed by atoms with van der Waals surface area (Å²) in [5.41, 5.74) is -0.775. The number of benzene rings is 1. The van der Waals surface area contributed by atoms with E-state index in [2.05, 4.69) is 15.9 Å². The lowest BCUT2D eigenvalue weighted by atomic mass is 10.1. The second kappa shape index (κ2) is 4.97. The van der Waals surface area contributed by atoms with Gasteiger partial charge in [-0.05, 0) is 18.2 Å². The fourth-order valence-electron chi connectivity index (χ4n) is 1.60. The van der Waals surface area contributed by atoms with Crippen LogP contribution < -0.4 is 0 Å². The molecule has 0 atom stereocenters. The summed E-state index contributed by atoms with van der Waals surface area (Å²) in [5, 5.41) is 0. The highest BCUT2D eigenvalue weighted by molar-refractivity contribution is 9.10. The number of halogens is 3. The molecule has 4 nitrogen and oxygen atoms in total. The molecule has 20 heavy (non-hydrogen) atoms. The van der Waals surface area contributed by atoms with Gasteiger partial charge in [0.05, 0.1) is 0 Å². The summed E-state index contributed by atoms with van der Waals surface area (Å²) < 4.78 is 36.7. The van der Waals surface area contributed by atoms with Crippen molar-refractivity contribution in [3.05, 3.63) is 39.4 Å². The summed E-state index contributed by atoms with van der Waals surface area (Å²) in [6.07, 6.45) is 0.891. The predicted molar refractivity (Wildman–Crippen MR) is 68.3 cm³/mol. The third kappa shape index (κ3) is 2.72. The zero-order chi connectivity index (χ0) is 15.1. The number of hydrogen-bond acceptors (Lipinski definition) is 4. The van der Waals surface area contributed by atoms with Crippen molar-refractivity contribution in [2.24, 2.45) is 0 Å². The number of carbonyl (C=O) groups is 2. The van der Waals surface area contributed by atoms with E-state index in [1.165, 1.54) is 19.9 Å². The summed E-state index contributed by atoms with van der Waals surface area (Å²) in [5.74, 6) is -5.58. The van der Waals surface area contributed by atoms with E-state index in [-0.39, 0.29) is 10.0 Å². The second-order valence-corrected chi connectivity index (χ2v) is 5.35. The first-order valence-corrected chi connectivity index (χ1v) is 6.32. The van der Waals surface area contributed by atoms with Crippen molar-refractivity contribution in [1.82, 2.24) is 0 Å². The van der Waals surface area contributed by atoms with Gasteiger partial charge in [-0.15, -0.1) is 0 Å². The normalized spacial score (nSPS) is 17.6. The average molecular weight is 347 g/mol. The molecule has 1 aromatic rings. The third-order valence-corrected chi connectivity index (χ3v) is 3.18. The number of carbonyl (C=O) groups excluding carboxylic acids is 2. The number of hydrogen-bond donors (Lipinski definition) is 0. The van der Waals surface area contributed by atoms with Crippen molar-refractivity contribution in [1.29, 1.82) is 0 Å². The van der Waals surface area contributed by atoms with Gasteiger partial charge in [-0.1, -0.05) is 15.9 Å². The van der Waals surface area contributed by atoms with Crippen LogP contribution in [0, 0.1) is 11.6 Å². The molecule has 1 fully saturated rings. The molecule has 7 heteroatoms. The first kappa shape index (κ1) is 14.6. The molecule has 0 bridgehead atoms. The van der Waals surface area contributed by atoms with Gasteiger partial charge in [0.25, 0.3) is 5.79 Å². The molecule has 0 N–H and O–H groups in total. The monoisotopic (exact) mass is 346 g/mol. The van der Waals surface area contributed by atoms with Crippen molar-refractivity contribution in [2.45, 2.75) is 19.6 Å². The Morgan fingerprint density at radius 2 is 1.70 bits per heavy atom. The van der Waals surface area contributed by atoms with Crippen LogP contribution in [0.5, 0.6) is 0 Å². The highest BCUT2D eigenvalue weighted by Gasteiger charge is 2.39. The lowest BCUT2D eigenvalue weighted by molar-refractivity contribution is -0.222. The van der Waals surface area contributed by atoms with Gasteiger partial charge in [0, 0.05) is 23.9 Å². The summed E-state index contributed by atoms with van der Waals surface area (Å²) in [6.45, 7) is 2.77. The van der Waals surface area contributed by atoms with Gasteiger partial charge in [0.15, 0.2) is 11.6 Å². The number of cyclic esters (lactones) is 2. The average Bonchev–Trinajstić information content (AvgIpc) is 2.31. The fourth-order valence-corrected chi connectivity index (χ4v) is 2.02. The summed E-state index contributed by atoms with van der Waals surface area (Å²) in [7, 11) is 0. The molecule has 1 aliphatic heterocycles. The van der Waals surface area contributed by atoms with Crippen LogP contribution in [0.1, 0.15) is 19.4 Å². The van der Waals surface area contributed by atoms with Gasteiger partial charge in [0.1, 0.15) is 5.57 Å². The SMILES string of the molecule is CC1(C)OC(=O)C(=Cc2c(Br)ccc(F)c2F)C(=O)O1. The molecular weight excluding hydrogens is 338 g/mol. The van der Waals surface area contributed by atoms with Crippen LogP contribution in [0.4, 0.5) is 8.78 Å². The molecule has 2 rings (SSSR count). The van der Waals surface area contributed by atoms with Crippen LogP contribution in [0.3, 0.4) is 0 Å². The minimum atomic E-state index is -1.39. The highest BCUT2D eigenvalue weighted by Crippen LogP contribution is 2.28. The van der Waals surface area contributed by atoms with E-state index in [4.69, 9.17) is 9.47 Å². The Morgan fingerprint density at radius 3 is 2.25 bits per heavy atom. The topological polar surface area (TPSA) is 52.6 Å². The van der Waals surface area contributed by atoms with E-state index >= 15 is 0 Å².